The van der Waals surface area contributed by atoms with Crippen LogP contribution in [0.25, 0.3) is 10.8 Å². The highest BCUT2D eigenvalue weighted by Gasteiger charge is 2.25. The van der Waals surface area contributed by atoms with Crippen molar-refractivity contribution < 1.29 is 13.2 Å². The maximum Gasteiger partial charge on any atom is 0.271 e. The van der Waals surface area contributed by atoms with Gasteiger partial charge in [0.1, 0.15) is 4.21 Å². The van der Waals surface area contributed by atoms with Crippen LogP contribution >= 0.6 is 11.3 Å². The number of carbonyl (C=O) groups excluding carboxylic acids is 1. The Labute approximate surface area is 156 Å². The molecule has 1 aliphatic rings. The number of hydrogen-bond donors (Lipinski definition) is 1. The molecule has 0 saturated carbocycles. The van der Waals surface area contributed by atoms with Crippen LogP contribution in [-0.4, -0.2) is 32.3 Å². The Balaban J connectivity index is 1.81. The normalized spacial score (nSPS) is 14.7. The van der Waals surface area contributed by atoms with Crippen molar-refractivity contribution in [3.05, 3.63) is 59.5 Å². The Bertz CT molecular complexity index is 1050. The fourth-order valence-electron chi connectivity index (χ4n) is 3.20. The number of fused-ring (bicyclic) bond motifs is 1. The fourth-order valence-corrected chi connectivity index (χ4v) is 5.27. The molecule has 0 aliphatic carbocycles. The molecule has 7 heteroatoms. The van der Waals surface area contributed by atoms with E-state index in [0.717, 1.165) is 35.0 Å². The van der Waals surface area contributed by atoms with Crippen LogP contribution in [0.1, 0.15) is 23.2 Å². The zero-order valence-electron chi connectivity index (χ0n) is 14.0. The molecule has 0 atom stereocenters. The summed E-state index contributed by atoms with van der Waals surface area (Å²) in [4.78, 5) is 14.8. The van der Waals surface area contributed by atoms with E-state index in [0.29, 0.717) is 24.3 Å². The predicted octanol–water partition coefficient (Wildman–Crippen LogP) is 3.94. The molecule has 134 valence electrons. The van der Waals surface area contributed by atoms with E-state index in [9.17, 15) is 13.2 Å². The largest absolute Gasteiger partial charge is 0.339 e. The molecule has 1 aromatic heterocycles. The van der Waals surface area contributed by atoms with Crippen molar-refractivity contribution in [2.24, 2.45) is 0 Å². The average molecular weight is 386 g/mol. The van der Waals surface area contributed by atoms with Gasteiger partial charge in [0, 0.05) is 13.1 Å². The number of carbonyl (C=O) groups is 1. The molecule has 0 radical (unpaired) electrons. The van der Waals surface area contributed by atoms with Crippen molar-refractivity contribution in [2.45, 2.75) is 17.1 Å². The molecule has 5 nitrogen and oxygen atoms in total. The van der Waals surface area contributed by atoms with Gasteiger partial charge >= 0.3 is 0 Å². The summed E-state index contributed by atoms with van der Waals surface area (Å²) in [6, 6.07) is 14.4. The minimum atomic E-state index is -3.72. The first-order valence-corrected chi connectivity index (χ1v) is 10.8. The van der Waals surface area contributed by atoms with Gasteiger partial charge in [0.25, 0.3) is 15.9 Å². The summed E-state index contributed by atoms with van der Waals surface area (Å²) in [6.07, 6.45) is 1.96. The van der Waals surface area contributed by atoms with Gasteiger partial charge in [-0.25, -0.2) is 8.42 Å². The number of sulfonamides is 1. The summed E-state index contributed by atoms with van der Waals surface area (Å²) in [5.41, 5.74) is 0.722. The lowest BCUT2D eigenvalue weighted by atomic mass is 10.0. The molecule has 1 fully saturated rings. The number of thiophene rings is 1. The van der Waals surface area contributed by atoms with Crippen molar-refractivity contribution >= 4 is 43.7 Å². The van der Waals surface area contributed by atoms with E-state index in [-0.39, 0.29) is 10.1 Å². The highest BCUT2D eigenvalue weighted by atomic mass is 32.2. The average Bonchev–Trinajstić information content (AvgIpc) is 3.34. The van der Waals surface area contributed by atoms with Crippen molar-refractivity contribution in [1.82, 2.24) is 4.90 Å². The number of amides is 1. The highest BCUT2D eigenvalue weighted by molar-refractivity contribution is 7.94. The molecule has 1 amide bonds. The Morgan fingerprint density at radius 1 is 1.00 bits per heavy atom. The molecular weight excluding hydrogens is 368 g/mol. The number of benzene rings is 2. The third-order valence-corrected chi connectivity index (χ3v) is 7.28. The number of hydrogen-bond acceptors (Lipinski definition) is 4. The van der Waals surface area contributed by atoms with E-state index in [1.807, 2.05) is 24.3 Å². The minimum Gasteiger partial charge on any atom is -0.339 e. The number of anilines is 1. The SMILES string of the molecule is O=C(c1cc2ccccc2cc1NS(=O)(=O)c1cccs1)N1CCCC1. The third-order valence-electron chi connectivity index (χ3n) is 4.51. The maximum absolute atomic E-state index is 13.0. The van der Waals surface area contributed by atoms with Crippen LogP contribution in [0, 0.1) is 0 Å². The van der Waals surface area contributed by atoms with Crippen molar-refractivity contribution in [1.29, 1.82) is 0 Å². The first kappa shape index (κ1) is 17.1. The van der Waals surface area contributed by atoms with Crippen LogP contribution in [0.3, 0.4) is 0 Å². The minimum absolute atomic E-state index is 0.128. The van der Waals surface area contributed by atoms with E-state index in [4.69, 9.17) is 0 Å². The molecule has 0 unspecified atom stereocenters. The lowest BCUT2D eigenvalue weighted by Gasteiger charge is -2.19. The molecule has 1 aliphatic heterocycles. The van der Waals surface area contributed by atoms with Crippen LogP contribution in [0.4, 0.5) is 5.69 Å². The summed E-state index contributed by atoms with van der Waals surface area (Å²) in [6.45, 7) is 1.42. The second kappa shape index (κ2) is 6.74. The molecule has 2 aromatic carbocycles. The van der Waals surface area contributed by atoms with Crippen LogP contribution in [0.15, 0.2) is 58.1 Å². The number of likely N-dealkylation sites (tertiary alicyclic amines) is 1. The van der Waals surface area contributed by atoms with E-state index in [2.05, 4.69) is 4.72 Å². The molecule has 1 saturated heterocycles. The standard InChI is InChI=1S/C19H18N2O3S2/c22-19(21-9-3-4-10-21)16-12-14-6-1-2-7-15(14)13-17(16)20-26(23,24)18-8-5-11-25-18/h1-2,5-8,11-13,20H,3-4,9-10H2. The van der Waals surface area contributed by atoms with Crippen LogP contribution < -0.4 is 4.72 Å². The lowest BCUT2D eigenvalue weighted by Crippen LogP contribution is -2.28. The van der Waals surface area contributed by atoms with Gasteiger partial charge in [-0.05, 0) is 47.2 Å². The molecule has 0 spiro atoms. The first-order valence-electron chi connectivity index (χ1n) is 8.43. The van der Waals surface area contributed by atoms with Gasteiger partial charge in [-0.1, -0.05) is 30.3 Å². The highest BCUT2D eigenvalue weighted by Crippen LogP contribution is 2.29. The van der Waals surface area contributed by atoms with Crippen LogP contribution in [0.5, 0.6) is 0 Å². The molecule has 0 bridgehead atoms. The smallest absolute Gasteiger partial charge is 0.271 e. The molecule has 3 aromatic rings. The van der Waals surface area contributed by atoms with Crippen molar-refractivity contribution in [3.63, 3.8) is 0 Å². The summed E-state index contributed by atoms with van der Waals surface area (Å²) < 4.78 is 28.2. The quantitative estimate of drug-likeness (QED) is 0.739. The van der Waals surface area contributed by atoms with E-state index >= 15 is 0 Å². The zero-order chi connectivity index (χ0) is 18.1. The Morgan fingerprint density at radius 2 is 1.69 bits per heavy atom. The van der Waals surface area contributed by atoms with Gasteiger partial charge in [-0.2, -0.15) is 0 Å². The van der Waals surface area contributed by atoms with Crippen LogP contribution in [-0.2, 0) is 10.0 Å². The zero-order valence-corrected chi connectivity index (χ0v) is 15.6. The van der Waals surface area contributed by atoms with Crippen molar-refractivity contribution in [2.75, 3.05) is 17.8 Å². The van der Waals surface area contributed by atoms with Gasteiger partial charge in [0.2, 0.25) is 0 Å². The van der Waals surface area contributed by atoms with Gasteiger partial charge in [-0.3, -0.25) is 9.52 Å². The first-order chi connectivity index (χ1) is 12.5. The monoisotopic (exact) mass is 386 g/mol. The molecule has 4 rings (SSSR count). The Hall–Kier alpha value is -2.38. The third kappa shape index (κ3) is 3.20. The summed E-state index contributed by atoms with van der Waals surface area (Å²) in [5, 5.41) is 3.51. The lowest BCUT2D eigenvalue weighted by molar-refractivity contribution is 0.0794. The number of nitrogens with zero attached hydrogens (tertiary/aromatic N) is 1. The predicted molar refractivity (Wildman–Crippen MR) is 104 cm³/mol. The van der Waals surface area contributed by atoms with Gasteiger partial charge in [0.05, 0.1) is 11.3 Å². The second-order valence-corrected chi connectivity index (χ2v) is 9.14. The molecular formula is C19H18N2O3S2. The van der Waals surface area contributed by atoms with Gasteiger partial charge in [0.15, 0.2) is 0 Å². The fraction of sp³-hybridized carbons (Fsp3) is 0.211. The van der Waals surface area contributed by atoms with E-state index in [1.54, 1.807) is 34.5 Å². The topological polar surface area (TPSA) is 66.5 Å². The summed E-state index contributed by atoms with van der Waals surface area (Å²) >= 11 is 1.15. The van der Waals surface area contributed by atoms with Crippen LogP contribution in [0.2, 0.25) is 0 Å². The summed E-state index contributed by atoms with van der Waals surface area (Å²) in [7, 11) is -3.72. The molecule has 1 N–H and O–H groups in total. The molecule has 26 heavy (non-hydrogen) atoms. The summed E-state index contributed by atoms with van der Waals surface area (Å²) in [5.74, 6) is -0.128. The second-order valence-electron chi connectivity index (χ2n) is 6.28. The van der Waals surface area contributed by atoms with Crippen molar-refractivity contribution in [3.8, 4) is 0 Å². The van der Waals surface area contributed by atoms with Gasteiger partial charge in [-0.15, -0.1) is 11.3 Å². The number of nitrogens with one attached hydrogen (secondary N) is 1. The van der Waals surface area contributed by atoms with E-state index in [1.165, 1.54) is 0 Å². The van der Waals surface area contributed by atoms with E-state index < -0.39 is 10.0 Å². The van der Waals surface area contributed by atoms with Gasteiger partial charge < -0.3 is 4.90 Å². The number of rotatable bonds is 4. The maximum atomic E-state index is 13.0. The Kier molecular flexibility index (Phi) is 4.42. The molecule has 2 heterocycles. The Morgan fingerprint density at radius 3 is 2.35 bits per heavy atom.